The third kappa shape index (κ3) is 2.19. The molecule has 0 spiro atoms. The Morgan fingerprint density at radius 3 is 2.86 bits per heavy atom. The first-order chi connectivity index (χ1) is 10.8. The van der Waals surface area contributed by atoms with E-state index in [0.717, 1.165) is 37.0 Å². The zero-order chi connectivity index (χ0) is 14.9. The number of nitrogens with zero attached hydrogens (tertiary/aromatic N) is 7. The van der Waals surface area contributed by atoms with Crippen molar-refractivity contribution in [3.8, 4) is 5.69 Å². The maximum Gasteiger partial charge on any atom is 0.173 e. The fraction of sp³-hybridized carbons (Fsp3) is 0.333. The molecule has 0 bridgehead atoms. The molecule has 112 valence electrons. The van der Waals surface area contributed by atoms with Crippen LogP contribution in [0.15, 0.2) is 42.7 Å². The van der Waals surface area contributed by atoms with E-state index in [9.17, 15) is 0 Å². The van der Waals surface area contributed by atoms with E-state index in [1.807, 2.05) is 47.4 Å². The first-order valence-corrected chi connectivity index (χ1v) is 7.40. The van der Waals surface area contributed by atoms with Crippen molar-refractivity contribution in [2.45, 2.75) is 26.1 Å². The number of rotatable bonds is 3. The molecule has 3 aromatic rings. The smallest absolute Gasteiger partial charge is 0.173 e. The second-order valence-corrected chi connectivity index (χ2v) is 5.47. The summed E-state index contributed by atoms with van der Waals surface area (Å²) in [5.41, 5.74) is 0.979. The lowest BCUT2D eigenvalue weighted by molar-refractivity contribution is 0.156. The molecule has 1 aliphatic rings. The van der Waals surface area contributed by atoms with E-state index in [2.05, 4.69) is 36.9 Å². The SMILES string of the molecule is CC(c1nnnn1-c1ccccc1)N1CCn2ccnc2C1. The lowest BCUT2D eigenvalue weighted by Crippen LogP contribution is -2.36. The minimum absolute atomic E-state index is 0.126. The van der Waals surface area contributed by atoms with Crippen LogP contribution in [-0.4, -0.2) is 41.2 Å². The molecular weight excluding hydrogens is 278 g/mol. The lowest BCUT2D eigenvalue weighted by Gasteiger charge is -2.31. The van der Waals surface area contributed by atoms with Gasteiger partial charge in [0.05, 0.1) is 18.3 Å². The molecular formula is C15H17N7. The van der Waals surface area contributed by atoms with Gasteiger partial charge in [-0.3, -0.25) is 4.90 Å². The summed E-state index contributed by atoms with van der Waals surface area (Å²) in [6, 6.07) is 10.1. The van der Waals surface area contributed by atoms with E-state index in [-0.39, 0.29) is 6.04 Å². The second-order valence-electron chi connectivity index (χ2n) is 5.47. The maximum absolute atomic E-state index is 4.41. The lowest BCUT2D eigenvalue weighted by atomic mass is 10.2. The number of fused-ring (bicyclic) bond motifs is 1. The van der Waals surface area contributed by atoms with E-state index in [0.29, 0.717) is 0 Å². The Kier molecular flexibility index (Phi) is 3.19. The summed E-state index contributed by atoms with van der Waals surface area (Å²) in [4.78, 5) is 6.77. The van der Waals surface area contributed by atoms with Crippen molar-refractivity contribution in [3.63, 3.8) is 0 Å². The summed E-state index contributed by atoms with van der Waals surface area (Å²) < 4.78 is 4.01. The van der Waals surface area contributed by atoms with E-state index in [1.54, 1.807) is 0 Å². The number of tetrazole rings is 1. The number of aromatic nitrogens is 6. The molecule has 0 N–H and O–H groups in total. The van der Waals surface area contributed by atoms with Crippen LogP contribution in [0.25, 0.3) is 5.69 Å². The molecule has 0 amide bonds. The molecule has 1 atom stereocenters. The van der Waals surface area contributed by atoms with Gasteiger partial charge in [0.2, 0.25) is 0 Å². The van der Waals surface area contributed by atoms with Crippen molar-refractivity contribution in [1.82, 2.24) is 34.7 Å². The van der Waals surface area contributed by atoms with Crippen molar-refractivity contribution in [2.24, 2.45) is 0 Å². The molecule has 1 aliphatic heterocycles. The molecule has 1 unspecified atom stereocenters. The van der Waals surface area contributed by atoms with Gasteiger partial charge in [0.15, 0.2) is 5.82 Å². The molecule has 22 heavy (non-hydrogen) atoms. The topological polar surface area (TPSA) is 64.7 Å². The van der Waals surface area contributed by atoms with Gasteiger partial charge in [0, 0.05) is 25.5 Å². The minimum Gasteiger partial charge on any atom is -0.333 e. The highest BCUT2D eigenvalue weighted by Crippen LogP contribution is 2.24. The van der Waals surface area contributed by atoms with Crippen LogP contribution in [0.3, 0.4) is 0 Å². The average molecular weight is 295 g/mol. The molecule has 0 aliphatic carbocycles. The number of benzene rings is 1. The first kappa shape index (κ1) is 13.1. The largest absolute Gasteiger partial charge is 0.333 e. The maximum atomic E-state index is 4.41. The molecule has 0 radical (unpaired) electrons. The van der Waals surface area contributed by atoms with Crippen LogP contribution in [0, 0.1) is 0 Å². The normalized spacial score (nSPS) is 16.4. The minimum atomic E-state index is 0.126. The predicted octanol–water partition coefficient (Wildman–Crippen LogP) is 1.44. The molecule has 3 heterocycles. The Bertz CT molecular complexity index is 761. The molecule has 0 saturated carbocycles. The molecule has 4 rings (SSSR count). The molecule has 7 heteroatoms. The van der Waals surface area contributed by atoms with Crippen LogP contribution in [0.2, 0.25) is 0 Å². The standard InChI is InChI=1S/C15H17N7/c1-12(21-10-9-20-8-7-16-14(20)11-21)15-17-18-19-22(15)13-5-3-2-4-6-13/h2-8,12H,9-11H2,1H3. The van der Waals surface area contributed by atoms with Gasteiger partial charge in [-0.2, -0.15) is 4.68 Å². The van der Waals surface area contributed by atoms with Gasteiger partial charge >= 0.3 is 0 Å². The highest BCUT2D eigenvalue weighted by atomic mass is 15.6. The van der Waals surface area contributed by atoms with Crippen LogP contribution in [0.1, 0.15) is 24.6 Å². The molecule has 0 fully saturated rings. The van der Waals surface area contributed by atoms with Crippen molar-refractivity contribution in [1.29, 1.82) is 0 Å². The quantitative estimate of drug-likeness (QED) is 0.731. The Morgan fingerprint density at radius 2 is 2.00 bits per heavy atom. The highest BCUT2D eigenvalue weighted by Gasteiger charge is 2.26. The molecule has 1 aromatic carbocycles. The number of para-hydroxylation sites is 1. The summed E-state index contributed by atoms with van der Waals surface area (Å²) in [6.45, 7) is 4.87. The van der Waals surface area contributed by atoms with Gasteiger partial charge < -0.3 is 4.57 Å². The predicted molar refractivity (Wildman–Crippen MR) is 80.2 cm³/mol. The van der Waals surface area contributed by atoms with Crippen LogP contribution in [0.4, 0.5) is 0 Å². The molecule has 2 aromatic heterocycles. The van der Waals surface area contributed by atoms with Gasteiger partial charge in [-0.25, -0.2) is 4.98 Å². The van der Waals surface area contributed by atoms with Crippen LogP contribution in [-0.2, 0) is 13.1 Å². The second kappa shape index (κ2) is 5.34. The summed E-state index contributed by atoms with van der Waals surface area (Å²) >= 11 is 0. The highest BCUT2D eigenvalue weighted by molar-refractivity contribution is 5.30. The Morgan fingerprint density at radius 1 is 1.14 bits per heavy atom. The van der Waals surface area contributed by atoms with Crippen LogP contribution < -0.4 is 0 Å². The Balaban J connectivity index is 1.62. The molecule has 7 nitrogen and oxygen atoms in total. The van der Waals surface area contributed by atoms with Crippen LogP contribution >= 0.6 is 0 Å². The Labute approximate surface area is 128 Å². The van der Waals surface area contributed by atoms with Crippen LogP contribution in [0.5, 0.6) is 0 Å². The van der Waals surface area contributed by atoms with Crippen molar-refractivity contribution >= 4 is 0 Å². The summed E-state index contributed by atoms with van der Waals surface area (Å²) in [5, 5.41) is 12.3. The third-order valence-electron chi connectivity index (χ3n) is 4.19. The van der Waals surface area contributed by atoms with Crippen molar-refractivity contribution in [2.75, 3.05) is 6.54 Å². The van der Waals surface area contributed by atoms with Gasteiger partial charge in [-0.15, -0.1) is 5.10 Å². The van der Waals surface area contributed by atoms with E-state index in [4.69, 9.17) is 0 Å². The zero-order valence-corrected chi connectivity index (χ0v) is 12.4. The third-order valence-corrected chi connectivity index (χ3v) is 4.19. The van der Waals surface area contributed by atoms with Gasteiger partial charge in [-0.05, 0) is 29.5 Å². The summed E-state index contributed by atoms with van der Waals surface area (Å²) in [7, 11) is 0. The van der Waals surface area contributed by atoms with E-state index < -0.39 is 0 Å². The number of imidazole rings is 1. The fourth-order valence-electron chi connectivity index (χ4n) is 2.89. The van der Waals surface area contributed by atoms with Crippen molar-refractivity contribution in [3.05, 3.63) is 54.4 Å². The van der Waals surface area contributed by atoms with Gasteiger partial charge in [0.25, 0.3) is 0 Å². The zero-order valence-electron chi connectivity index (χ0n) is 12.4. The Hall–Kier alpha value is -2.54. The van der Waals surface area contributed by atoms with E-state index >= 15 is 0 Å². The summed E-state index contributed by atoms with van der Waals surface area (Å²) in [6.07, 6.45) is 3.89. The average Bonchev–Trinajstić information content (AvgIpc) is 3.23. The summed E-state index contributed by atoms with van der Waals surface area (Å²) in [5.74, 6) is 1.95. The van der Waals surface area contributed by atoms with Gasteiger partial charge in [-0.1, -0.05) is 18.2 Å². The number of hydrogen-bond donors (Lipinski definition) is 0. The van der Waals surface area contributed by atoms with E-state index in [1.165, 1.54) is 0 Å². The monoisotopic (exact) mass is 295 g/mol. The first-order valence-electron chi connectivity index (χ1n) is 7.40. The van der Waals surface area contributed by atoms with Crippen molar-refractivity contribution < 1.29 is 0 Å². The van der Waals surface area contributed by atoms with Gasteiger partial charge in [0.1, 0.15) is 5.82 Å². The molecule has 0 saturated heterocycles. The number of hydrogen-bond acceptors (Lipinski definition) is 5. The fourth-order valence-corrected chi connectivity index (χ4v) is 2.89.